The summed E-state index contributed by atoms with van der Waals surface area (Å²) < 4.78 is 1.78. The van der Waals surface area contributed by atoms with Crippen LogP contribution in [0.15, 0.2) is 6.20 Å². The second-order valence-corrected chi connectivity index (χ2v) is 4.48. The third-order valence-electron chi connectivity index (χ3n) is 2.74. The first-order valence-corrected chi connectivity index (χ1v) is 5.62. The highest BCUT2D eigenvalue weighted by atomic mass is 16.4. The van der Waals surface area contributed by atoms with Gasteiger partial charge in [-0.3, -0.25) is 0 Å². The molecule has 0 spiro atoms. The maximum atomic E-state index is 11.0. The first-order chi connectivity index (χ1) is 7.59. The molecule has 0 bridgehead atoms. The number of nitrogens with zero attached hydrogens (tertiary/aromatic N) is 2. The van der Waals surface area contributed by atoms with Crippen molar-refractivity contribution in [2.45, 2.75) is 45.3 Å². The zero-order valence-corrected chi connectivity index (χ0v) is 9.60. The minimum atomic E-state index is -0.918. The molecule has 1 heterocycles. The minimum absolute atomic E-state index is 0.115. The third-order valence-corrected chi connectivity index (χ3v) is 2.74. The number of imidazole rings is 1. The number of rotatable bonds is 5. The molecule has 88 valence electrons. The summed E-state index contributed by atoms with van der Waals surface area (Å²) in [4.78, 5) is 15.2. The molecule has 2 rings (SSSR count). The number of nitrogens with one attached hydrogen (secondary N) is 1. The Morgan fingerprint density at radius 3 is 2.88 bits per heavy atom. The SMILES string of the molecule is CC(C)n1c(C(=O)O)cnc1CNC1CC1. The topological polar surface area (TPSA) is 67.2 Å². The Kier molecular flexibility index (Phi) is 2.96. The molecule has 0 unspecified atom stereocenters. The standard InChI is InChI=1S/C11H17N3O2/c1-7(2)14-9(11(15)16)5-13-10(14)6-12-8-3-4-8/h5,7-8,12H,3-4,6H2,1-2H3,(H,15,16). The van der Waals surface area contributed by atoms with E-state index in [-0.39, 0.29) is 11.7 Å². The Balaban J connectivity index is 2.18. The first kappa shape index (κ1) is 11.1. The van der Waals surface area contributed by atoms with Gasteiger partial charge in [-0.2, -0.15) is 0 Å². The Morgan fingerprint density at radius 1 is 1.69 bits per heavy atom. The van der Waals surface area contributed by atoms with E-state index in [1.54, 1.807) is 4.57 Å². The van der Waals surface area contributed by atoms with Gasteiger partial charge in [-0.05, 0) is 26.7 Å². The van der Waals surface area contributed by atoms with E-state index in [0.717, 1.165) is 5.82 Å². The molecule has 0 atom stereocenters. The lowest BCUT2D eigenvalue weighted by Crippen LogP contribution is -2.21. The molecule has 0 saturated heterocycles. The van der Waals surface area contributed by atoms with E-state index in [9.17, 15) is 4.79 Å². The summed E-state index contributed by atoms with van der Waals surface area (Å²) in [5, 5.41) is 12.4. The Morgan fingerprint density at radius 2 is 2.38 bits per heavy atom. The van der Waals surface area contributed by atoms with Crippen molar-refractivity contribution >= 4 is 5.97 Å². The van der Waals surface area contributed by atoms with Crippen LogP contribution in [-0.4, -0.2) is 26.7 Å². The average molecular weight is 223 g/mol. The summed E-state index contributed by atoms with van der Waals surface area (Å²) in [6.45, 7) is 4.58. The van der Waals surface area contributed by atoms with Gasteiger partial charge in [-0.1, -0.05) is 0 Å². The second kappa shape index (κ2) is 4.25. The highest BCUT2D eigenvalue weighted by molar-refractivity contribution is 5.85. The smallest absolute Gasteiger partial charge is 0.354 e. The molecule has 16 heavy (non-hydrogen) atoms. The van der Waals surface area contributed by atoms with Crippen molar-refractivity contribution in [2.24, 2.45) is 0 Å². The Bertz CT molecular complexity index is 394. The molecule has 1 aliphatic carbocycles. The van der Waals surface area contributed by atoms with Crippen molar-refractivity contribution in [3.63, 3.8) is 0 Å². The molecular weight excluding hydrogens is 206 g/mol. The quantitative estimate of drug-likeness (QED) is 0.792. The van der Waals surface area contributed by atoms with E-state index in [1.807, 2.05) is 13.8 Å². The molecule has 0 radical (unpaired) electrons. The summed E-state index contributed by atoms with van der Waals surface area (Å²) in [6.07, 6.45) is 3.87. The summed E-state index contributed by atoms with van der Waals surface area (Å²) >= 11 is 0. The third kappa shape index (κ3) is 2.24. The van der Waals surface area contributed by atoms with Crippen molar-refractivity contribution in [3.8, 4) is 0 Å². The first-order valence-electron chi connectivity index (χ1n) is 5.62. The molecule has 5 heteroatoms. The van der Waals surface area contributed by atoms with E-state index in [2.05, 4.69) is 10.3 Å². The Hall–Kier alpha value is -1.36. The number of hydrogen-bond donors (Lipinski definition) is 2. The molecule has 1 fully saturated rings. The van der Waals surface area contributed by atoms with E-state index in [0.29, 0.717) is 12.6 Å². The lowest BCUT2D eigenvalue weighted by Gasteiger charge is -2.14. The van der Waals surface area contributed by atoms with Crippen LogP contribution in [0.2, 0.25) is 0 Å². The summed E-state index contributed by atoms with van der Waals surface area (Å²) in [6, 6.07) is 0.718. The average Bonchev–Trinajstić information content (AvgIpc) is 2.92. The van der Waals surface area contributed by atoms with E-state index in [1.165, 1.54) is 19.0 Å². The van der Waals surface area contributed by atoms with Gasteiger partial charge in [0.05, 0.1) is 12.7 Å². The van der Waals surface area contributed by atoms with Gasteiger partial charge in [0.15, 0.2) is 0 Å². The minimum Gasteiger partial charge on any atom is -0.477 e. The zero-order chi connectivity index (χ0) is 11.7. The zero-order valence-electron chi connectivity index (χ0n) is 9.60. The summed E-state index contributed by atoms with van der Waals surface area (Å²) in [5.74, 6) is -0.113. The highest BCUT2D eigenvalue weighted by Gasteiger charge is 2.22. The van der Waals surface area contributed by atoms with Gasteiger partial charge in [0.2, 0.25) is 0 Å². The monoisotopic (exact) mass is 223 g/mol. The van der Waals surface area contributed by atoms with Crippen molar-refractivity contribution in [1.29, 1.82) is 0 Å². The molecule has 0 aliphatic heterocycles. The number of carboxylic acids is 1. The second-order valence-electron chi connectivity index (χ2n) is 4.48. The highest BCUT2D eigenvalue weighted by Crippen LogP contribution is 2.20. The lowest BCUT2D eigenvalue weighted by molar-refractivity contribution is 0.0683. The lowest BCUT2D eigenvalue weighted by atomic mass is 10.3. The van der Waals surface area contributed by atoms with Crippen LogP contribution >= 0.6 is 0 Å². The van der Waals surface area contributed by atoms with Crippen LogP contribution in [0.3, 0.4) is 0 Å². The Labute approximate surface area is 94.5 Å². The van der Waals surface area contributed by atoms with Crippen LogP contribution in [0.1, 0.15) is 49.0 Å². The van der Waals surface area contributed by atoms with Gasteiger partial charge in [0, 0.05) is 12.1 Å². The van der Waals surface area contributed by atoms with Gasteiger partial charge in [-0.15, -0.1) is 0 Å². The van der Waals surface area contributed by atoms with Crippen LogP contribution < -0.4 is 5.32 Å². The molecule has 1 aromatic heterocycles. The van der Waals surface area contributed by atoms with Crippen molar-refractivity contribution in [1.82, 2.24) is 14.9 Å². The largest absolute Gasteiger partial charge is 0.477 e. The van der Waals surface area contributed by atoms with Gasteiger partial charge in [0.1, 0.15) is 11.5 Å². The molecule has 0 amide bonds. The molecule has 1 saturated carbocycles. The molecule has 5 nitrogen and oxygen atoms in total. The van der Waals surface area contributed by atoms with Crippen LogP contribution in [0.25, 0.3) is 0 Å². The normalized spacial score (nSPS) is 15.7. The van der Waals surface area contributed by atoms with Crippen molar-refractivity contribution in [3.05, 3.63) is 17.7 Å². The van der Waals surface area contributed by atoms with Crippen LogP contribution in [0, 0.1) is 0 Å². The number of carbonyl (C=O) groups is 1. The maximum absolute atomic E-state index is 11.0. The number of aromatic carboxylic acids is 1. The van der Waals surface area contributed by atoms with E-state index < -0.39 is 5.97 Å². The predicted octanol–water partition coefficient (Wildman–Crippen LogP) is 1.41. The van der Waals surface area contributed by atoms with Gasteiger partial charge >= 0.3 is 5.97 Å². The van der Waals surface area contributed by atoms with Crippen LogP contribution in [0.5, 0.6) is 0 Å². The van der Waals surface area contributed by atoms with Crippen LogP contribution in [0.4, 0.5) is 0 Å². The van der Waals surface area contributed by atoms with Gasteiger partial charge in [0.25, 0.3) is 0 Å². The van der Waals surface area contributed by atoms with Crippen LogP contribution in [-0.2, 0) is 6.54 Å². The number of aromatic nitrogens is 2. The fraction of sp³-hybridized carbons (Fsp3) is 0.636. The molecule has 1 aliphatic rings. The van der Waals surface area contributed by atoms with Gasteiger partial charge < -0.3 is 15.0 Å². The molecule has 0 aromatic carbocycles. The van der Waals surface area contributed by atoms with Gasteiger partial charge in [-0.25, -0.2) is 9.78 Å². The van der Waals surface area contributed by atoms with E-state index >= 15 is 0 Å². The predicted molar refractivity (Wildman–Crippen MR) is 59.4 cm³/mol. The van der Waals surface area contributed by atoms with Crippen molar-refractivity contribution in [2.75, 3.05) is 0 Å². The summed E-state index contributed by atoms with van der Waals surface area (Å²) in [7, 11) is 0. The number of hydrogen-bond acceptors (Lipinski definition) is 3. The fourth-order valence-corrected chi connectivity index (χ4v) is 1.79. The molecule has 1 aromatic rings. The summed E-state index contributed by atoms with van der Waals surface area (Å²) in [5.41, 5.74) is 0.266. The molecular formula is C11H17N3O2. The number of carboxylic acid groups (broad SMARTS) is 1. The van der Waals surface area contributed by atoms with Crippen molar-refractivity contribution < 1.29 is 9.90 Å². The fourth-order valence-electron chi connectivity index (χ4n) is 1.79. The maximum Gasteiger partial charge on any atom is 0.354 e. The van der Waals surface area contributed by atoms with E-state index in [4.69, 9.17) is 5.11 Å². The molecule has 2 N–H and O–H groups in total.